The van der Waals surface area contributed by atoms with E-state index in [9.17, 15) is 22.0 Å². The highest BCUT2D eigenvalue weighted by molar-refractivity contribution is 7.89. The Morgan fingerprint density at radius 1 is 1.07 bits per heavy atom. The predicted octanol–water partition coefficient (Wildman–Crippen LogP) is 2.78. The molecule has 0 heterocycles. The minimum Gasteiger partial charge on any atom is -0.493 e. The molecule has 0 fully saturated rings. The summed E-state index contributed by atoms with van der Waals surface area (Å²) in [4.78, 5) is 13.5. The summed E-state index contributed by atoms with van der Waals surface area (Å²) in [5.41, 5.74) is 2.11. The van der Waals surface area contributed by atoms with Crippen molar-refractivity contribution in [3.05, 3.63) is 53.6 Å². The van der Waals surface area contributed by atoms with Crippen molar-refractivity contribution in [2.45, 2.75) is 24.7 Å². The summed E-state index contributed by atoms with van der Waals surface area (Å²) in [7, 11) is -2.87. The van der Waals surface area contributed by atoms with E-state index >= 15 is 0 Å². The number of halogens is 2. The van der Waals surface area contributed by atoms with E-state index in [1.54, 1.807) is 0 Å². The number of benzene rings is 2. The molecule has 2 N–H and O–H groups in total. The van der Waals surface area contributed by atoms with Crippen molar-refractivity contribution in [1.29, 1.82) is 0 Å². The number of nitrogens with one attached hydrogen (secondary N) is 2. The fourth-order valence-electron chi connectivity index (χ4n) is 2.14. The molecular weight excluding hydrogens is 394 g/mol. The molecule has 152 valence electrons. The monoisotopic (exact) mass is 414 g/mol. The van der Waals surface area contributed by atoms with Crippen molar-refractivity contribution in [3.8, 4) is 11.5 Å². The summed E-state index contributed by atoms with van der Waals surface area (Å²) >= 11 is 0. The van der Waals surface area contributed by atoms with Crippen LogP contribution in [0, 0.1) is 11.6 Å². The number of methoxy groups -OCH3 is 1. The van der Waals surface area contributed by atoms with Crippen LogP contribution >= 0.6 is 0 Å². The Morgan fingerprint density at radius 3 is 2.46 bits per heavy atom. The molecule has 10 heteroatoms. The molecule has 0 radical (unpaired) electrons. The third-order valence-electron chi connectivity index (χ3n) is 3.68. The van der Waals surface area contributed by atoms with E-state index in [1.807, 2.05) is 17.2 Å². The molecule has 1 amide bonds. The van der Waals surface area contributed by atoms with Gasteiger partial charge >= 0.3 is 0 Å². The summed E-state index contributed by atoms with van der Waals surface area (Å²) in [5.74, 6) is -2.51. The van der Waals surface area contributed by atoms with Crippen LogP contribution in [0.3, 0.4) is 0 Å². The number of unbranched alkanes of at least 4 members (excludes halogenated alkanes) is 1. The second-order valence-corrected chi connectivity index (χ2v) is 7.39. The van der Waals surface area contributed by atoms with Crippen molar-refractivity contribution in [2.75, 3.05) is 13.7 Å². The molecule has 0 unspecified atom stereocenters. The van der Waals surface area contributed by atoms with Crippen LogP contribution in [-0.2, 0) is 10.0 Å². The van der Waals surface area contributed by atoms with Gasteiger partial charge in [-0.15, -0.1) is 4.83 Å². The van der Waals surface area contributed by atoms with Crippen LogP contribution in [0.15, 0.2) is 41.3 Å². The van der Waals surface area contributed by atoms with E-state index in [1.165, 1.54) is 25.3 Å². The number of rotatable bonds is 9. The number of ether oxygens (including phenoxy) is 2. The molecule has 0 spiro atoms. The van der Waals surface area contributed by atoms with E-state index in [4.69, 9.17) is 9.47 Å². The van der Waals surface area contributed by atoms with Gasteiger partial charge in [-0.3, -0.25) is 10.2 Å². The van der Waals surface area contributed by atoms with Gasteiger partial charge in [0.05, 0.1) is 18.6 Å². The quantitative estimate of drug-likeness (QED) is 0.486. The average molecular weight is 414 g/mol. The Kier molecular flexibility index (Phi) is 7.30. The minimum atomic E-state index is -4.29. The van der Waals surface area contributed by atoms with Gasteiger partial charge in [-0.25, -0.2) is 17.2 Å². The summed E-state index contributed by atoms with van der Waals surface area (Å²) in [6.45, 7) is 2.52. The van der Waals surface area contributed by atoms with Crippen LogP contribution in [0.25, 0.3) is 0 Å². The van der Waals surface area contributed by atoms with E-state index in [-0.39, 0.29) is 5.56 Å². The zero-order chi connectivity index (χ0) is 20.7. The topological polar surface area (TPSA) is 93.7 Å². The molecule has 0 atom stereocenters. The number of carbonyl (C=O) groups excluding carboxylic acids is 1. The van der Waals surface area contributed by atoms with Crippen molar-refractivity contribution >= 4 is 15.9 Å². The first-order valence-corrected chi connectivity index (χ1v) is 9.85. The first-order valence-electron chi connectivity index (χ1n) is 8.36. The highest BCUT2D eigenvalue weighted by atomic mass is 32.2. The normalized spacial score (nSPS) is 11.1. The van der Waals surface area contributed by atoms with Gasteiger partial charge in [-0.2, -0.15) is 0 Å². The van der Waals surface area contributed by atoms with Gasteiger partial charge < -0.3 is 9.47 Å². The molecule has 0 saturated carbocycles. The molecule has 2 aromatic carbocycles. The Morgan fingerprint density at radius 2 is 1.82 bits per heavy atom. The highest BCUT2D eigenvalue weighted by Crippen LogP contribution is 2.28. The van der Waals surface area contributed by atoms with Crippen LogP contribution in [0.1, 0.15) is 30.1 Å². The SMILES string of the molecule is CCCCOc1ccc(C(=O)NNS(=O)(=O)c2ccc(F)c(F)c2)cc1OC. The van der Waals surface area contributed by atoms with Gasteiger partial charge in [0.25, 0.3) is 15.9 Å². The van der Waals surface area contributed by atoms with Crippen molar-refractivity contribution in [3.63, 3.8) is 0 Å². The lowest BCUT2D eigenvalue weighted by Crippen LogP contribution is -2.41. The van der Waals surface area contributed by atoms with Gasteiger partial charge in [-0.1, -0.05) is 13.3 Å². The molecule has 28 heavy (non-hydrogen) atoms. The lowest BCUT2D eigenvalue weighted by Gasteiger charge is -2.12. The second kappa shape index (κ2) is 9.47. The number of hydrazine groups is 1. The highest BCUT2D eigenvalue weighted by Gasteiger charge is 2.18. The summed E-state index contributed by atoms with van der Waals surface area (Å²) in [5, 5.41) is 0. The molecule has 0 aromatic heterocycles. The van der Waals surface area contributed by atoms with Crippen LogP contribution in [0.5, 0.6) is 11.5 Å². The standard InChI is InChI=1S/C18H20F2N2O5S/c1-3-4-9-27-16-8-5-12(10-17(16)26-2)18(23)21-22-28(24,25)13-6-7-14(19)15(20)11-13/h5-8,10-11,22H,3-4,9H2,1-2H3,(H,21,23). The zero-order valence-corrected chi connectivity index (χ0v) is 16.1. The summed E-state index contributed by atoms with van der Waals surface area (Å²) in [6, 6.07) is 6.42. The van der Waals surface area contributed by atoms with Crippen molar-refractivity contribution in [2.24, 2.45) is 0 Å². The first-order chi connectivity index (χ1) is 13.3. The smallest absolute Gasteiger partial charge is 0.266 e. The van der Waals surface area contributed by atoms with Gasteiger partial charge in [-0.05, 0) is 42.8 Å². The maximum atomic E-state index is 13.2. The van der Waals surface area contributed by atoms with Gasteiger partial charge in [0, 0.05) is 5.56 Å². The van der Waals surface area contributed by atoms with Gasteiger partial charge in [0.1, 0.15) is 0 Å². The minimum absolute atomic E-state index is 0.104. The van der Waals surface area contributed by atoms with E-state index < -0.39 is 32.5 Å². The molecule has 0 bridgehead atoms. The molecule has 2 aromatic rings. The van der Waals surface area contributed by atoms with Crippen LogP contribution < -0.4 is 19.7 Å². The van der Waals surface area contributed by atoms with Crippen LogP contribution in [-0.4, -0.2) is 28.0 Å². The number of carbonyl (C=O) groups is 1. The molecule has 0 saturated heterocycles. The van der Waals surface area contributed by atoms with Crippen molar-refractivity contribution < 1.29 is 31.5 Å². The summed E-state index contributed by atoms with van der Waals surface area (Å²) in [6.07, 6.45) is 1.82. The Labute approximate surface area is 161 Å². The fraction of sp³-hybridized carbons (Fsp3) is 0.278. The largest absolute Gasteiger partial charge is 0.493 e. The maximum Gasteiger partial charge on any atom is 0.266 e. The maximum absolute atomic E-state index is 13.2. The number of hydrogen-bond donors (Lipinski definition) is 2. The van der Waals surface area contributed by atoms with Crippen molar-refractivity contribution in [1.82, 2.24) is 10.3 Å². The predicted molar refractivity (Wildman–Crippen MR) is 97.5 cm³/mol. The second-order valence-electron chi connectivity index (χ2n) is 5.70. The van der Waals surface area contributed by atoms with E-state index in [0.29, 0.717) is 30.2 Å². The number of sulfonamides is 1. The Bertz CT molecular complexity index is 951. The van der Waals surface area contributed by atoms with Gasteiger partial charge in [0.2, 0.25) is 0 Å². The van der Waals surface area contributed by atoms with Crippen LogP contribution in [0.2, 0.25) is 0 Å². The fourth-order valence-corrected chi connectivity index (χ4v) is 2.99. The Balaban J connectivity index is 2.08. The number of amides is 1. The van der Waals surface area contributed by atoms with Gasteiger partial charge in [0.15, 0.2) is 23.1 Å². The molecule has 7 nitrogen and oxygen atoms in total. The summed E-state index contributed by atoms with van der Waals surface area (Å²) < 4.78 is 61.1. The Hall–Kier alpha value is -2.72. The lowest BCUT2D eigenvalue weighted by molar-refractivity contribution is 0.0944. The molecule has 0 aliphatic carbocycles. The third-order valence-corrected chi connectivity index (χ3v) is 4.93. The zero-order valence-electron chi connectivity index (χ0n) is 15.3. The third kappa shape index (κ3) is 5.40. The average Bonchev–Trinajstić information content (AvgIpc) is 2.68. The molecular formula is C18H20F2N2O5S. The van der Waals surface area contributed by atoms with Crippen LogP contribution in [0.4, 0.5) is 8.78 Å². The van der Waals surface area contributed by atoms with E-state index in [2.05, 4.69) is 0 Å². The van der Waals surface area contributed by atoms with E-state index in [0.717, 1.165) is 18.9 Å². The molecule has 2 rings (SSSR count). The molecule has 0 aliphatic rings. The first kappa shape index (κ1) is 21.6. The number of hydrogen-bond acceptors (Lipinski definition) is 5. The molecule has 0 aliphatic heterocycles. The lowest BCUT2D eigenvalue weighted by atomic mass is 10.2.